The largest absolute Gasteiger partial charge is 0.372 e. The van der Waals surface area contributed by atoms with E-state index in [1.54, 1.807) is 0 Å². The van der Waals surface area contributed by atoms with E-state index >= 15 is 0 Å². The minimum atomic E-state index is 0.440. The maximum atomic E-state index is 3.77. The van der Waals surface area contributed by atoms with Crippen LogP contribution in [0.4, 0.5) is 0 Å². The molecule has 1 aliphatic heterocycles. The molecule has 1 aromatic rings. The molecule has 0 radical (unpaired) electrons. The fourth-order valence-corrected chi connectivity index (χ4v) is 3.25. The second-order valence-corrected chi connectivity index (χ2v) is 4.99. The monoisotopic (exact) mass is 311 g/mol. The van der Waals surface area contributed by atoms with Crippen molar-refractivity contribution in [3.63, 3.8) is 0 Å². The summed E-state index contributed by atoms with van der Waals surface area (Å²) in [4.78, 5) is 2.29. The predicted octanol–water partition coefficient (Wildman–Crippen LogP) is 3.68. The fourth-order valence-electron chi connectivity index (χ4n) is 1.96. The Labute approximate surface area is 105 Å². The van der Waals surface area contributed by atoms with Gasteiger partial charge < -0.3 is 4.90 Å². The fraction of sp³-hybridized carbons (Fsp3) is 0.231. The Morgan fingerprint density at radius 2 is 2.20 bits per heavy atom. The Morgan fingerprint density at radius 3 is 2.93 bits per heavy atom. The minimum Gasteiger partial charge on any atom is -0.372 e. The third-order valence-electron chi connectivity index (χ3n) is 2.72. The molecule has 0 N–H and O–H groups in total. The Morgan fingerprint density at radius 1 is 1.47 bits per heavy atom. The minimum absolute atomic E-state index is 0.440. The Balaban J connectivity index is 2.47. The lowest BCUT2D eigenvalue weighted by Crippen LogP contribution is -2.25. The Kier molecular flexibility index (Phi) is 3.14. The van der Waals surface area contributed by atoms with Crippen LogP contribution in [-0.4, -0.2) is 11.9 Å². The molecule has 1 heterocycles. The quantitative estimate of drug-likeness (QED) is 0.565. The zero-order valence-corrected chi connectivity index (χ0v) is 10.9. The summed E-state index contributed by atoms with van der Waals surface area (Å²) in [5, 5.41) is 0. The van der Waals surface area contributed by atoms with E-state index in [9.17, 15) is 0 Å². The zero-order chi connectivity index (χ0) is 10.8. The second kappa shape index (κ2) is 4.39. The van der Waals surface area contributed by atoms with Gasteiger partial charge in [0.05, 0.1) is 3.92 Å². The van der Waals surface area contributed by atoms with E-state index in [1.807, 2.05) is 6.08 Å². The van der Waals surface area contributed by atoms with Gasteiger partial charge in [-0.1, -0.05) is 59.5 Å². The lowest BCUT2D eigenvalue weighted by Gasteiger charge is -2.33. The van der Waals surface area contributed by atoms with Gasteiger partial charge in [-0.3, -0.25) is 0 Å². The number of benzene rings is 1. The second-order valence-electron chi connectivity index (χ2n) is 3.74. The van der Waals surface area contributed by atoms with Crippen LogP contribution in [0.2, 0.25) is 0 Å². The van der Waals surface area contributed by atoms with Gasteiger partial charge in [0.1, 0.15) is 0 Å². The van der Waals surface area contributed by atoms with Gasteiger partial charge in [-0.05, 0) is 17.2 Å². The molecule has 0 spiro atoms. The van der Waals surface area contributed by atoms with Gasteiger partial charge in [-0.2, -0.15) is 0 Å². The van der Waals surface area contributed by atoms with E-state index in [-0.39, 0.29) is 0 Å². The number of hydrogen-bond acceptors (Lipinski definition) is 1. The first-order valence-corrected chi connectivity index (χ1v) is 6.24. The van der Waals surface area contributed by atoms with Crippen LogP contribution in [0.25, 0.3) is 0 Å². The molecule has 1 unspecified atom stereocenters. The van der Waals surface area contributed by atoms with Gasteiger partial charge in [-0.15, -0.1) is 0 Å². The third kappa shape index (κ3) is 1.95. The lowest BCUT2D eigenvalue weighted by molar-refractivity contribution is 0.385. The molecule has 0 aromatic heterocycles. The number of rotatable bonds is 1. The Hall–Kier alpha value is -0.770. The van der Waals surface area contributed by atoms with Crippen molar-refractivity contribution in [2.45, 2.75) is 10.5 Å². The molecule has 1 aliphatic rings. The molecule has 15 heavy (non-hydrogen) atoms. The maximum Gasteiger partial charge on any atom is 0.0760 e. The SMILES string of the molecule is C=C/C=C1/C(I)c2ccccc2CN1C. The molecule has 2 rings (SSSR count). The number of allylic oxidation sites excluding steroid dienone is 3. The smallest absolute Gasteiger partial charge is 0.0760 e. The van der Waals surface area contributed by atoms with Gasteiger partial charge in [0.25, 0.3) is 0 Å². The van der Waals surface area contributed by atoms with E-state index in [1.165, 1.54) is 16.8 Å². The van der Waals surface area contributed by atoms with Crippen LogP contribution in [0.1, 0.15) is 15.1 Å². The van der Waals surface area contributed by atoms with Crippen molar-refractivity contribution in [1.82, 2.24) is 4.90 Å². The summed E-state index contributed by atoms with van der Waals surface area (Å²) in [5.41, 5.74) is 4.20. The molecule has 1 atom stereocenters. The van der Waals surface area contributed by atoms with Crippen molar-refractivity contribution in [1.29, 1.82) is 0 Å². The third-order valence-corrected chi connectivity index (χ3v) is 4.03. The summed E-state index contributed by atoms with van der Waals surface area (Å²) in [6.45, 7) is 4.77. The van der Waals surface area contributed by atoms with Crippen molar-refractivity contribution in [3.8, 4) is 0 Å². The molecular formula is C13H14IN. The highest BCUT2D eigenvalue weighted by Gasteiger charge is 2.24. The molecule has 1 nitrogen and oxygen atoms in total. The van der Waals surface area contributed by atoms with Crippen molar-refractivity contribution in [3.05, 3.63) is 59.8 Å². The molecule has 0 amide bonds. The molecule has 0 aliphatic carbocycles. The van der Waals surface area contributed by atoms with E-state index in [0.717, 1.165) is 6.54 Å². The van der Waals surface area contributed by atoms with Crippen molar-refractivity contribution < 1.29 is 0 Å². The van der Waals surface area contributed by atoms with Gasteiger partial charge in [0.2, 0.25) is 0 Å². The summed E-state index contributed by atoms with van der Waals surface area (Å²) < 4.78 is 0.440. The van der Waals surface area contributed by atoms with E-state index in [2.05, 4.69) is 71.5 Å². The average molecular weight is 311 g/mol. The van der Waals surface area contributed by atoms with Crippen molar-refractivity contribution in [2.24, 2.45) is 0 Å². The number of alkyl halides is 1. The van der Waals surface area contributed by atoms with E-state index < -0.39 is 0 Å². The summed E-state index contributed by atoms with van der Waals surface area (Å²) in [5.74, 6) is 0. The molecule has 0 saturated heterocycles. The van der Waals surface area contributed by atoms with Crippen LogP contribution >= 0.6 is 22.6 Å². The summed E-state index contributed by atoms with van der Waals surface area (Å²) in [7, 11) is 2.14. The van der Waals surface area contributed by atoms with Gasteiger partial charge in [0, 0.05) is 19.3 Å². The highest BCUT2D eigenvalue weighted by atomic mass is 127. The molecule has 2 heteroatoms. The van der Waals surface area contributed by atoms with Crippen LogP contribution in [0.5, 0.6) is 0 Å². The summed E-state index contributed by atoms with van der Waals surface area (Å²) >= 11 is 2.49. The van der Waals surface area contributed by atoms with Crippen molar-refractivity contribution >= 4 is 22.6 Å². The number of nitrogens with zero attached hydrogens (tertiary/aromatic N) is 1. The molecular weight excluding hydrogens is 297 g/mol. The van der Waals surface area contributed by atoms with Crippen LogP contribution < -0.4 is 0 Å². The maximum absolute atomic E-state index is 3.77. The zero-order valence-electron chi connectivity index (χ0n) is 8.78. The molecule has 0 fully saturated rings. The van der Waals surface area contributed by atoms with E-state index in [0.29, 0.717) is 3.92 Å². The number of likely N-dealkylation sites (N-methyl/N-ethyl adjacent to an activating group) is 1. The first kappa shape index (κ1) is 10.7. The topological polar surface area (TPSA) is 3.24 Å². The molecule has 0 bridgehead atoms. The van der Waals surface area contributed by atoms with Crippen LogP contribution in [-0.2, 0) is 6.54 Å². The molecule has 1 aromatic carbocycles. The van der Waals surface area contributed by atoms with Crippen molar-refractivity contribution in [2.75, 3.05) is 7.05 Å². The van der Waals surface area contributed by atoms with Gasteiger partial charge in [-0.25, -0.2) is 0 Å². The predicted molar refractivity (Wildman–Crippen MR) is 73.0 cm³/mol. The van der Waals surface area contributed by atoms with Crippen LogP contribution in [0, 0.1) is 0 Å². The standard InChI is InChI=1S/C13H14IN/c1-3-6-12-13(14)11-8-5-4-7-10(11)9-15(12)2/h3-8,13H,1,9H2,2H3/b12-6-. The first-order chi connectivity index (χ1) is 7.24. The average Bonchev–Trinajstić information content (AvgIpc) is 2.24. The van der Waals surface area contributed by atoms with Crippen LogP contribution in [0.3, 0.4) is 0 Å². The van der Waals surface area contributed by atoms with E-state index in [4.69, 9.17) is 0 Å². The summed E-state index contributed by atoms with van der Waals surface area (Å²) in [6.07, 6.45) is 3.97. The Bertz CT molecular complexity index is 409. The highest BCUT2D eigenvalue weighted by molar-refractivity contribution is 14.1. The van der Waals surface area contributed by atoms with Gasteiger partial charge >= 0.3 is 0 Å². The van der Waals surface area contributed by atoms with Crippen LogP contribution in [0.15, 0.2) is 48.7 Å². The normalized spacial score (nSPS) is 22.7. The number of fused-ring (bicyclic) bond motifs is 1. The first-order valence-electron chi connectivity index (χ1n) is 4.99. The summed E-state index contributed by atoms with van der Waals surface area (Å²) in [6, 6.07) is 8.65. The molecule has 78 valence electrons. The number of halogens is 1. The molecule has 0 saturated carbocycles. The highest BCUT2D eigenvalue weighted by Crippen LogP contribution is 2.39. The number of hydrogen-bond donors (Lipinski definition) is 0. The lowest BCUT2D eigenvalue weighted by atomic mass is 9.97. The van der Waals surface area contributed by atoms with Gasteiger partial charge in [0.15, 0.2) is 0 Å².